The predicted octanol–water partition coefficient (Wildman–Crippen LogP) is 3.57. The summed E-state index contributed by atoms with van der Waals surface area (Å²) in [6, 6.07) is 2.86. The fourth-order valence-electron chi connectivity index (χ4n) is 0.757. The molecule has 0 heterocycles. The first kappa shape index (κ1) is 10.6. The van der Waals surface area contributed by atoms with E-state index in [4.69, 9.17) is 39.5 Å². The van der Waals surface area contributed by atoms with Crippen molar-refractivity contribution in [3.63, 3.8) is 0 Å². The molecule has 0 aliphatic rings. The van der Waals surface area contributed by atoms with E-state index in [9.17, 15) is 4.79 Å². The van der Waals surface area contributed by atoms with E-state index in [1.54, 1.807) is 0 Å². The van der Waals surface area contributed by atoms with E-state index >= 15 is 0 Å². The van der Waals surface area contributed by atoms with Crippen LogP contribution in [0, 0.1) is 0 Å². The molecule has 1 rings (SSSR count). The van der Waals surface area contributed by atoms with Crippen LogP contribution in [0.4, 0.5) is 0 Å². The van der Waals surface area contributed by atoms with Crippen molar-refractivity contribution >= 4 is 40.8 Å². The fourth-order valence-corrected chi connectivity index (χ4v) is 1.33. The first-order valence-corrected chi connectivity index (χ1v) is 4.47. The quantitative estimate of drug-likeness (QED) is 0.425. The maximum absolute atomic E-state index is 10.6. The summed E-state index contributed by atoms with van der Waals surface area (Å²) in [5.74, 6) is -0.152. The Morgan fingerprint density at radius 1 is 1.23 bits per heavy atom. The van der Waals surface area contributed by atoms with Crippen LogP contribution < -0.4 is 4.74 Å². The third-order valence-corrected chi connectivity index (χ3v) is 2.42. The van der Waals surface area contributed by atoms with Crippen LogP contribution in [0.3, 0.4) is 0 Å². The molecule has 0 saturated heterocycles. The third kappa shape index (κ3) is 2.76. The molecule has 0 amide bonds. The van der Waals surface area contributed by atoms with Crippen LogP contribution >= 0.6 is 34.8 Å². The fraction of sp³-hybridized carbons (Fsp3) is 0.125. The number of benzene rings is 1. The van der Waals surface area contributed by atoms with Crippen LogP contribution in [0.2, 0.25) is 15.1 Å². The number of esters is 1. The summed E-state index contributed by atoms with van der Waals surface area (Å²) in [4.78, 5) is 10.6. The predicted molar refractivity (Wildman–Crippen MR) is 52.8 cm³/mol. The summed E-state index contributed by atoms with van der Waals surface area (Å²) in [7, 11) is 0. The molecular weight excluding hydrogens is 234 g/mol. The summed E-state index contributed by atoms with van der Waals surface area (Å²) in [5, 5.41) is 0.759. The van der Waals surface area contributed by atoms with Crippen molar-refractivity contribution in [1.29, 1.82) is 0 Å². The second-order valence-corrected chi connectivity index (χ2v) is 3.49. The van der Waals surface area contributed by atoms with Gasteiger partial charge in [0.25, 0.3) is 0 Å². The van der Waals surface area contributed by atoms with Gasteiger partial charge in [-0.15, -0.1) is 0 Å². The van der Waals surface area contributed by atoms with Crippen molar-refractivity contribution in [2.75, 3.05) is 0 Å². The Labute approximate surface area is 90.3 Å². The lowest BCUT2D eigenvalue weighted by molar-refractivity contribution is -0.131. The molecule has 0 bridgehead atoms. The summed E-state index contributed by atoms with van der Waals surface area (Å²) in [5.41, 5.74) is 0. The minimum absolute atomic E-state index is 0.249. The topological polar surface area (TPSA) is 26.3 Å². The largest absolute Gasteiger partial charge is 0.427 e. The molecule has 0 aromatic heterocycles. The number of carbonyl (C=O) groups is 1. The Morgan fingerprint density at radius 2 is 1.69 bits per heavy atom. The van der Waals surface area contributed by atoms with Gasteiger partial charge in [-0.25, -0.2) is 0 Å². The van der Waals surface area contributed by atoms with Crippen LogP contribution in [0.5, 0.6) is 5.75 Å². The second-order valence-electron chi connectivity index (χ2n) is 2.29. The zero-order valence-electron chi connectivity index (χ0n) is 6.61. The van der Waals surface area contributed by atoms with Crippen molar-refractivity contribution in [1.82, 2.24) is 0 Å². The molecule has 1 aromatic rings. The standard InChI is InChI=1S/C8H5Cl3O2/c1-4(12)13-5-2-6(9)8(11)7(10)3-5/h2-3H,1H3. The number of carbonyl (C=O) groups excluding carboxylic acids is 1. The lowest BCUT2D eigenvalue weighted by Crippen LogP contribution is -2.01. The Kier molecular flexibility index (Phi) is 3.42. The molecule has 0 unspecified atom stereocenters. The third-order valence-electron chi connectivity index (χ3n) is 1.22. The maximum atomic E-state index is 10.6. The van der Waals surface area contributed by atoms with Gasteiger partial charge in [-0.3, -0.25) is 4.79 Å². The molecule has 0 fully saturated rings. The van der Waals surface area contributed by atoms with Gasteiger partial charge >= 0.3 is 5.97 Å². The van der Waals surface area contributed by atoms with E-state index in [-0.39, 0.29) is 20.8 Å². The van der Waals surface area contributed by atoms with Gasteiger partial charge in [-0.1, -0.05) is 34.8 Å². The van der Waals surface area contributed by atoms with Crippen LogP contribution in [-0.4, -0.2) is 5.97 Å². The number of ether oxygens (including phenoxy) is 1. The van der Waals surface area contributed by atoms with Crippen molar-refractivity contribution in [3.05, 3.63) is 27.2 Å². The number of rotatable bonds is 1. The Morgan fingerprint density at radius 3 is 2.08 bits per heavy atom. The molecule has 0 N–H and O–H groups in total. The van der Waals surface area contributed by atoms with E-state index in [0.29, 0.717) is 0 Å². The van der Waals surface area contributed by atoms with Crippen LogP contribution in [0.15, 0.2) is 12.1 Å². The minimum atomic E-state index is -0.436. The van der Waals surface area contributed by atoms with Gasteiger partial charge < -0.3 is 4.74 Å². The van der Waals surface area contributed by atoms with Crippen molar-refractivity contribution in [3.8, 4) is 5.75 Å². The summed E-state index contributed by atoms with van der Waals surface area (Å²) >= 11 is 17.1. The van der Waals surface area contributed by atoms with Crippen molar-refractivity contribution in [2.24, 2.45) is 0 Å². The lowest BCUT2D eigenvalue weighted by atomic mass is 10.3. The highest BCUT2D eigenvalue weighted by molar-refractivity contribution is 6.48. The molecular formula is C8H5Cl3O2. The molecule has 0 radical (unpaired) electrons. The zero-order valence-corrected chi connectivity index (χ0v) is 8.87. The van der Waals surface area contributed by atoms with Crippen LogP contribution in [0.1, 0.15) is 6.92 Å². The first-order valence-electron chi connectivity index (χ1n) is 3.33. The summed E-state index contributed by atoms with van der Waals surface area (Å²) < 4.78 is 4.76. The van der Waals surface area contributed by atoms with Gasteiger partial charge in [0.1, 0.15) is 5.75 Å². The van der Waals surface area contributed by atoms with Gasteiger partial charge in [0.05, 0.1) is 15.1 Å². The molecule has 0 spiro atoms. The van der Waals surface area contributed by atoms with E-state index < -0.39 is 5.97 Å². The molecule has 0 saturated carbocycles. The van der Waals surface area contributed by atoms with Crippen LogP contribution in [0.25, 0.3) is 0 Å². The smallest absolute Gasteiger partial charge is 0.308 e. The zero-order chi connectivity index (χ0) is 10.0. The highest BCUT2D eigenvalue weighted by atomic mass is 35.5. The SMILES string of the molecule is CC(=O)Oc1cc(Cl)c(Cl)c(Cl)c1. The Hall–Kier alpha value is -0.440. The first-order chi connectivity index (χ1) is 6.00. The summed E-state index contributed by atoms with van der Waals surface area (Å²) in [6.07, 6.45) is 0. The molecule has 13 heavy (non-hydrogen) atoms. The molecule has 2 nitrogen and oxygen atoms in total. The monoisotopic (exact) mass is 238 g/mol. The number of hydrogen-bond donors (Lipinski definition) is 0. The maximum Gasteiger partial charge on any atom is 0.308 e. The van der Waals surface area contributed by atoms with Gasteiger partial charge in [0.2, 0.25) is 0 Å². The second kappa shape index (κ2) is 4.18. The van der Waals surface area contributed by atoms with E-state index in [2.05, 4.69) is 0 Å². The van der Waals surface area contributed by atoms with E-state index in [1.807, 2.05) is 0 Å². The van der Waals surface area contributed by atoms with Crippen LogP contribution in [-0.2, 0) is 4.79 Å². The molecule has 0 aliphatic carbocycles. The molecule has 0 atom stereocenters. The van der Waals surface area contributed by atoms with Gasteiger partial charge in [-0.2, -0.15) is 0 Å². The molecule has 70 valence electrons. The number of halogens is 3. The van der Waals surface area contributed by atoms with E-state index in [0.717, 1.165) is 0 Å². The molecule has 1 aromatic carbocycles. The lowest BCUT2D eigenvalue weighted by Gasteiger charge is -2.04. The highest BCUT2D eigenvalue weighted by Crippen LogP contribution is 2.34. The average molecular weight is 239 g/mol. The Balaban J connectivity index is 3.06. The summed E-state index contributed by atoms with van der Waals surface area (Å²) in [6.45, 7) is 1.29. The minimum Gasteiger partial charge on any atom is -0.427 e. The van der Waals surface area contributed by atoms with Gasteiger partial charge in [-0.05, 0) is 0 Å². The molecule has 0 aliphatic heterocycles. The van der Waals surface area contributed by atoms with E-state index in [1.165, 1.54) is 19.1 Å². The van der Waals surface area contributed by atoms with Gasteiger partial charge in [0.15, 0.2) is 0 Å². The average Bonchev–Trinajstić information content (AvgIpc) is 1.98. The number of hydrogen-bond acceptors (Lipinski definition) is 2. The Bertz CT molecular complexity index is 326. The normalized spacial score (nSPS) is 9.85. The van der Waals surface area contributed by atoms with Gasteiger partial charge in [0, 0.05) is 19.1 Å². The van der Waals surface area contributed by atoms with Crippen molar-refractivity contribution in [2.45, 2.75) is 6.92 Å². The molecule has 5 heteroatoms. The van der Waals surface area contributed by atoms with Crippen molar-refractivity contribution < 1.29 is 9.53 Å². The highest BCUT2D eigenvalue weighted by Gasteiger charge is 2.07.